The fourth-order valence-electron chi connectivity index (χ4n) is 5.78. The minimum absolute atomic E-state index is 0.0201. The first kappa shape index (κ1) is 25.6. The number of carbonyl (C=O) groups is 3. The largest absolute Gasteiger partial charge is 0.461 e. The van der Waals surface area contributed by atoms with E-state index in [4.69, 9.17) is 9.47 Å². The van der Waals surface area contributed by atoms with E-state index in [1.807, 2.05) is 30.3 Å². The summed E-state index contributed by atoms with van der Waals surface area (Å²) in [6.45, 7) is 9.35. The number of esters is 1. The number of alkyl halides is 1. The summed E-state index contributed by atoms with van der Waals surface area (Å²) in [6, 6.07) is 7.92. The molecule has 0 radical (unpaired) electrons. The van der Waals surface area contributed by atoms with Crippen molar-refractivity contribution in [3.63, 3.8) is 0 Å². The minimum Gasteiger partial charge on any atom is -0.461 e. The number of ether oxygens (including phenoxy) is 2. The summed E-state index contributed by atoms with van der Waals surface area (Å²) < 4.78 is 11.8. The monoisotopic (exact) mass is 546 g/mol. The van der Waals surface area contributed by atoms with Gasteiger partial charge in [-0.2, -0.15) is 0 Å². The zero-order valence-electron chi connectivity index (χ0n) is 19.7. The van der Waals surface area contributed by atoms with Crippen LogP contribution in [-0.2, 0) is 30.4 Å². The Kier molecular flexibility index (Phi) is 7.49. The molecule has 3 unspecified atom stereocenters. The lowest BCUT2D eigenvalue weighted by Crippen LogP contribution is -2.58. The first-order valence-electron chi connectivity index (χ1n) is 11.8. The molecule has 9 heteroatoms. The first-order valence-corrected chi connectivity index (χ1v) is 12.7. The summed E-state index contributed by atoms with van der Waals surface area (Å²) in [5, 5.41) is 9.98. The molecule has 1 N–H and O–H groups in total. The van der Waals surface area contributed by atoms with E-state index >= 15 is 0 Å². The molecule has 2 bridgehead atoms. The summed E-state index contributed by atoms with van der Waals surface area (Å²) in [4.78, 5) is 43.9. The lowest BCUT2D eigenvalue weighted by Gasteiger charge is -2.38. The van der Waals surface area contributed by atoms with Gasteiger partial charge in [0.1, 0.15) is 18.2 Å². The number of carbonyl (C=O) groups excluding carboxylic acids is 3. The minimum atomic E-state index is -1.20. The number of fused-ring (bicyclic) bond motifs is 1. The molecule has 0 aliphatic carbocycles. The number of aliphatic hydroxyl groups excluding tert-OH is 1. The van der Waals surface area contributed by atoms with Crippen LogP contribution in [0.25, 0.3) is 0 Å². The highest BCUT2D eigenvalue weighted by Gasteiger charge is 2.77. The second-order valence-corrected chi connectivity index (χ2v) is 10.5. The summed E-state index contributed by atoms with van der Waals surface area (Å²) in [7, 11) is 0. The molecule has 3 fully saturated rings. The van der Waals surface area contributed by atoms with Crippen LogP contribution in [0.2, 0.25) is 0 Å². The molecule has 3 saturated heterocycles. The molecule has 1 aromatic carbocycles. The lowest BCUT2D eigenvalue weighted by atomic mass is 9.70. The van der Waals surface area contributed by atoms with Crippen LogP contribution < -0.4 is 0 Å². The van der Waals surface area contributed by atoms with E-state index in [1.54, 1.807) is 17.9 Å². The van der Waals surface area contributed by atoms with Crippen LogP contribution in [0.5, 0.6) is 0 Å². The molecule has 3 aliphatic rings. The normalized spacial score (nSPS) is 31.7. The standard InChI is InChI=1S/C26H31BrN2O6/c1-4-11-28(14-17-9-7-6-8-10-17)24(32)22-26-13-18(27)21(35-26)19(25(33)34-12-5-2)20(26)23(31)29(22)16(3)15-30/h4-10,16,18-22,30H,1-2,11-15H2,3H3/t16-,18?,19-,20+,21-,22?,26?/m1/s1. The van der Waals surface area contributed by atoms with Crippen LogP contribution >= 0.6 is 15.9 Å². The molecule has 0 saturated carbocycles. The number of hydrogen-bond donors (Lipinski definition) is 1. The maximum absolute atomic E-state index is 14.2. The fraction of sp³-hybridized carbons (Fsp3) is 0.500. The van der Waals surface area contributed by atoms with E-state index < -0.39 is 41.6 Å². The second kappa shape index (κ2) is 10.2. The summed E-state index contributed by atoms with van der Waals surface area (Å²) in [6.07, 6.45) is 2.90. The number of aliphatic hydroxyl groups is 1. The average molecular weight is 547 g/mol. The Morgan fingerprint density at radius 2 is 2.06 bits per heavy atom. The summed E-state index contributed by atoms with van der Waals surface area (Å²) in [5.74, 6) is -2.94. The van der Waals surface area contributed by atoms with Crippen molar-refractivity contribution in [2.75, 3.05) is 19.8 Å². The van der Waals surface area contributed by atoms with Gasteiger partial charge >= 0.3 is 5.97 Å². The molecule has 35 heavy (non-hydrogen) atoms. The van der Waals surface area contributed by atoms with Gasteiger partial charge in [-0.25, -0.2) is 0 Å². The highest BCUT2D eigenvalue weighted by atomic mass is 79.9. The number of benzene rings is 1. The van der Waals surface area contributed by atoms with Crippen LogP contribution in [0.3, 0.4) is 0 Å². The van der Waals surface area contributed by atoms with Gasteiger partial charge in [-0.05, 0) is 18.9 Å². The van der Waals surface area contributed by atoms with Crippen LogP contribution in [-0.4, -0.2) is 81.1 Å². The van der Waals surface area contributed by atoms with Crippen molar-refractivity contribution in [2.45, 2.75) is 48.5 Å². The van der Waals surface area contributed by atoms with E-state index in [9.17, 15) is 19.5 Å². The first-order chi connectivity index (χ1) is 16.8. The molecule has 1 aromatic rings. The maximum atomic E-state index is 14.2. The van der Waals surface area contributed by atoms with Gasteiger partial charge in [-0.15, -0.1) is 6.58 Å². The third kappa shape index (κ3) is 4.23. The highest BCUT2D eigenvalue weighted by Crippen LogP contribution is 2.60. The number of nitrogens with zero attached hydrogens (tertiary/aromatic N) is 2. The van der Waals surface area contributed by atoms with E-state index in [2.05, 4.69) is 29.1 Å². The predicted molar refractivity (Wildman–Crippen MR) is 132 cm³/mol. The van der Waals surface area contributed by atoms with Crippen molar-refractivity contribution in [3.05, 3.63) is 61.2 Å². The zero-order valence-corrected chi connectivity index (χ0v) is 21.3. The molecule has 0 aromatic heterocycles. The van der Waals surface area contributed by atoms with E-state index in [-0.39, 0.29) is 36.4 Å². The Morgan fingerprint density at radius 1 is 1.34 bits per heavy atom. The van der Waals surface area contributed by atoms with Gasteiger partial charge < -0.3 is 24.4 Å². The van der Waals surface area contributed by atoms with E-state index in [0.29, 0.717) is 13.0 Å². The number of rotatable bonds is 10. The Labute approximate surface area is 213 Å². The molecule has 8 nitrogen and oxygen atoms in total. The van der Waals surface area contributed by atoms with Crippen LogP contribution in [0.4, 0.5) is 0 Å². The number of halogens is 1. The van der Waals surface area contributed by atoms with Gasteiger partial charge in [0.25, 0.3) is 0 Å². The molecule has 3 heterocycles. The Hall–Kier alpha value is -2.49. The van der Waals surface area contributed by atoms with Crippen molar-refractivity contribution >= 4 is 33.7 Å². The Bertz CT molecular complexity index is 1000. The summed E-state index contributed by atoms with van der Waals surface area (Å²) in [5.41, 5.74) is -0.270. The summed E-state index contributed by atoms with van der Waals surface area (Å²) >= 11 is 3.62. The number of amides is 2. The van der Waals surface area contributed by atoms with Gasteiger partial charge in [0.15, 0.2) is 0 Å². The highest BCUT2D eigenvalue weighted by molar-refractivity contribution is 9.09. The van der Waals surface area contributed by atoms with Gasteiger partial charge in [-0.3, -0.25) is 14.4 Å². The second-order valence-electron chi connectivity index (χ2n) is 9.35. The predicted octanol–water partition coefficient (Wildman–Crippen LogP) is 2.06. The van der Waals surface area contributed by atoms with Crippen molar-refractivity contribution in [1.82, 2.24) is 9.80 Å². The average Bonchev–Trinajstić information content (AvgIpc) is 3.45. The molecule has 4 rings (SSSR count). The van der Waals surface area contributed by atoms with Crippen LogP contribution in [0.1, 0.15) is 18.9 Å². The van der Waals surface area contributed by atoms with E-state index in [1.165, 1.54) is 11.0 Å². The smallest absolute Gasteiger partial charge is 0.312 e. The topological polar surface area (TPSA) is 96.4 Å². The SMILES string of the molecule is C=CCOC(=O)[C@H]1[C@@H]2OC3(CC2Br)C(C(=O)N(CC=C)Cc2ccccc2)N([C@H](C)CO)C(=O)[C@H]13. The lowest BCUT2D eigenvalue weighted by molar-refractivity contribution is -0.155. The molecule has 188 valence electrons. The van der Waals surface area contributed by atoms with Crippen molar-refractivity contribution in [3.8, 4) is 0 Å². The molecular weight excluding hydrogens is 516 g/mol. The number of hydrogen-bond acceptors (Lipinski definition) is 6. The molecule has 2 amide bonds. The quantitative estimate of drug-likeness (QED) is 0.274. The zero-order chi connectivity index (χ0) is 25.3. The molecule has 7 atom stereocenters. The third-order valence-corrected chi connectivity index (χ3v) is 8.04. The Balaban J connectivity index is 1.75. The molecule has 1 spiro atoms. The van der Waals surface area contributed by atoms with E-state index in [0.717, 1.165) is 5.56 Å². The molecular formula is C26H31BrN2O6. The fourth-order valence-corrected chi connectivity index (χ4v) is 6.72. The Morgan fingerprint density at radius 3 is 2.69 bits per heavy atom. The van der Waals surface area contributed by atoms with Gasteiger partial charge in [0.05, 0.1) is 30.6 Å². The third-order valence-electron chi connectivity index (χ3n) is 7.19. The van der Waals surface area contributed by atoms with Gasteiger partial charge in [0.2, 0.25) is 11.8 Å². The maximum Gasteiger partial charge on any atom is 0.312 e. The van der Waals surface area contributed by atoms with Crippen molar-refractivity contribution in [1.29, 1.82) is 0 Å². The van der Waals surface area contributed by atoms with Crippen molar-refractivity contribution in [2.24, 2.45) is 11.8 Å². The van der Waals surface area contributed by atoms with Crippen LogP contribution in [0.15, 0.2) is 55.6 Å². The van der Waals surface area contributed by atoms with Crippen LogP contribution in [0, 0.1) is 11.8 Å². The van der Waals surface area contributed by atoms with Crippen molar-refractivity contribution < 1.29 is 29.0 Å². The van der Waals surface area contributed by atoms with Gasteiger partial charge in [0, 0.05) is 17.9 Å². The van der Waals surface area contributed by atoms with Gasteiger partial charge in [-0.1, -0.05) is 65.0 Å². The molecule has 3 aliphatic heterocycles. The number of likely N-dealkylation sites (tertiary alicyclic amines) is 1.